The fourth-order valence-electron chi connectivity index (χ4n) is 2.32. The summed E-state index contributed by atoms with van der Waals surface area (Å²) >= 11 is 0. The van der Waals surface area contributed by atoms with Gasteiger partial charge in [0.05, 0.1) is 30.8 Å². The average molecular weight is 534 g/mol. The van der Waals surface area contributed by atoms with E-state index >= 15 is 0 Å². The van der Waals surface area contributed by atoms with Crippen molar-refractivity contribution < 1.29 is 46.0 Å². The molecule has 0 N–H and O–H groups in total. The predicted octanol–water partition coefficient (Wildman–Crippen LogP) is 6.16. The van der Waals surface area contributed by atoms with Crippen LogP contribution in [0.2, 0.25) is 0 Å². The van der Waals surface area contributed by atoms with Gasteiger partial charge in [-0.15, -0.1) is 0 Å². The molecule has 0 unspecified atom stereocenters. The lowest BCUT2D eigenvalue weighted by atomic mass is 10.1. The molecule has 2 aromatic rings. The maximum atomic E-state index is 13.0. The number of nitro groups is 4. The van der Waals surface area contributed by atoms with Crippen LogP contribution in [0.4, 0.5) is 49.1 Å². The molecule has 2 aromatic carbocycles. The first-order valence-corrected chi connectivity index (χ1v) is 10.0. The molecule has 0 bridgehead atoms. The Morgan fingerprint density at radius 1 is 0.529 bits per heavy atom. The topological polar surface area (TPSA) is 173 Å². The van der Waals surface area contributed by atoms with Gasteiger partial charge in [0.2, 0.25) is 0 Å². The van der Waals surface area contributed by atoms with E-state index < -0.39 is 75.7 Å². The van der Waals surface area contributed by atoms with Gasteiger partial charge in [-0.1, -0.05) is 0 Å². The molecule has 0 amide bonds. The second kappa shape index (κ2) is 9.29. The van der Waals surface area contributed by atoms with Crippen molar-refractivity contribution >= 4 is 44.3 Å². The van der Waals surface area contributed by atoms with E-state index in [1.165, 1.54) is 0 Å². The zero-order valence-electron chi connectivity index (χ0n) is 15.4. The Kier molecular flexibility index (Phi) is 7.26. The van der Waals surface area contributed by atoms with Crippen LogP contribution in [0.1, 0.15) is 11.1 Å². The van der Waals surface area contributed by atoms with Gasteiger partial charge in [-0.05, 0) is 21.6 Å². The summed E-state index contributed by atoms with van der Waals surface area (Å²) in [6, 6.07) is -0.256. The summed E-state index contributed by atoms with van der Waals surface area (Å²) < 4.78 is 77.9. The molecule has 0 fully saturated rings. The Balaban J connectivity index is 2.73. The molecule has 0 saturated heterocycles. The van der Waals surface area contributed by atoms with E-state index in [2.05, 4.69) is 0 Å². The van der Waals surface area contributed by atoms with Gasteiger partial charge in [-0.25, -0.2) is 0 Å². The molecule has 0 aliphatic heterocycles. The maximum absolute atomic E-state index is 13.0. The van der Waals surface area contributed by atoms with Crippen LogP contribution in [0, 0.1) is 40.5 Å². The van der Waals surface area contributed by atoms with Crippen LogP contribution in [-0.2, 0) is 12.4 Å². The molecule has 182 valence electrons. The van der Waals surface area contributed by atoms with Crippen LogP contribution in [0.25, 0.3) is 0 Å². The minimum absolute atomic E-state index is 0.0640. The van der Waals surface area contributed by atoms with Crippen molar-refractivity contribution in [2.45, 2.75) is 22.1 Å². The van der Waals surface area contributed by atoms with Crippen molar-refractivity contribution in [2.24, 2.45) is 0 Å². The zero-order valence-corrected chi connectivity index (χ0v) is 17.1. The van der Waals surface area contributed by atoms with E-state index in [0.717, 1.165) is 0 Å². The van der Waals surface area contributed by atoms with Gasteiger partial charge in [-0.3, -0.25) is 40.5 Å². The second-order valence-corrected chi connectivity index (χ2v) is 8.03. The molecule has 0 aromatic heterocycles. The van der Waals surface area contributed by atoms with E-state index in [-0.39, 0.29) is 45.9 Å². The summed E-state index contributed by atoms with van der Waals surface area (Å²) in [5, 5.41) is 45.0. The van der Waals surface area contributed by atoms with Gasteiger partial charge in [-0.2, -0.15) is 26.3 Å². The smallest absolute Gasteiger partial charge is 0.258 e. The fraction of sp³-hybridized carbons (Fsp3) is 0.143. The first-order valence-electron chi connectivity index (χ1n) is 7.87. The third kappa shape index (κ3) is 5.62. The van der Waals surface area contributed by atoms with Gasteiger partial charge in [0.15, 0.2) is 9.79 Å². The molecule has 0 heterocycles. The van der Waals surface area contributed by atoms with Crippen molar-refractivity contribution in [1.29, 1.82) is 0 Å². The van der Waals surface area contributed by atoms with Crippen LogP contribution < -0.4 is 0 Å². The van der Waals surface area contributed by atoms with Gasteiger partial charge < -0.3 is 0 Å². The van der Waals surface area contributed by atoms with Crippen LogP contribution in [0.15, 0.2) is 34.1 Å². The van der Waals surface area contributed by atoms with E-state index in [0.29, 0.717) is 0 Å². The van der Waals surface area contributed by atoms with Gasteiger partial charge in [0.25, 0.3) is 22.7 Å². The molecule has 0 saturated carbocycles. The predicted molar refractivity (Wildman–Crippen MR) is 101 cm³/mol. The lowest BCUT2D eigenvalue weighted by Crippen LogP contribution is -2.08. The number of benzene rings is 2. The Morgan fingerprint density at radius 3 is 0.882 bits per heavy atom. The molecular weight excluding hydrogens is 530 g/mol. The first kappa shape index (κ1) is 26.6. The van der Waals surface area contributed by atoms with Crippen molar-refractivity contribution in [3.63, 3.8) is 0 Å². The number of halogens is 6. The normalized spacial score (nSPS) is 11.8. The Bertz CT molecular complexity index is 1060. The standard InChI is InChI=1S/C14H4F6N4O8S2/c15-13(16,17)5-1-7(21(25)26)11(8(2-5)22(27)28)33-34-12-9(23(29)30)3-6(14(18,19)20)4-10(12)24(31)32/h1-4H. The van der Waals surface area contributed by atoms with Crippen molar-refractivity contribution in [3.05, 3.63) is 75.8 Å². The number of nitrogens with zero attached hydrogens (tertiary/aromatic N) is 4. The highest BCUT2D eigenvalue weighted by Crippen LogP contribution is 2.53. The lowest BCUT2D eigenvalue weighted by Gasteiger charge is -2.11. The van der Waals surface area contributed by atoms with Gasteiger partial charge >= 0.3 is 12.4 Å². The maximum Gasteiger partial charge on any atom is 0.416 e. The van der Waals surface area contributed by atoms with Gasteiger partial charge in [0.1, 0.15) is 0 Å². The highest BCUT2D eigenvalue weighted by molar-refractivity contribution is 8.76. The van der Waals surface area contributed by atoms with Crippen molar-refractivity contribution in [2.75, 3.05) is 0 Å². The molecule has 20 heteroatoms. The fourth-order valence-corrected chi connectivity index (χ4v) is 4.89. The van der Waals surface area contributed by atoms with Crippen LogP contribution in [0.3, 0.4) is 0 Å². The molecule has 0 atom stereocenters. The number of alkyl halides is 6. The SMILES string of the molecule is O=[N+]([O-])c1cc(C(F)(F)F)cc([N+](=O)[O-])c1SSc1c([N+](=O)[O-])cc(C(F)(F)F)cc1[N+](=O)[O-]. The summed E-state index contributed by atoms with van der Waals surface area (Å²) in [6.07, 6.45) is -10.5. The summed E-state index contributed by atoms with van der Waals surface area (Å²) in [4.78, 5) is 37.1. The lowest BCUT2D eigenvalue weighted by molar-refractivity contribution is -0.400. The van der Waals surface area contributed by atoms with Crippen LogP contribution in [-0.4, -0.2) is 19.7 Å². The summed E-state index contributed by atoms with van der Waals surface area (Å²) in [5.74, 6) is 0. The summed E-state index contributed by atoms with van der Waals surface area (Å²) in [5.41, 5.74) is -9.39. The number of hydrogen-bond donors (Lipinski definition) is 0. The minimum atomic E-state index is -5.24. The zero-order chi connectivity index (χ0) is 26.2. The van der Waals surface area contributed by atoms with Crippen LogP contribution in [0.5, 0.6) is 0 Å². The number of hydrogen-bond acceptors (Lipinski definition) is 10. The van der Waals surface area contributed by atoms with Gasteiger partial charge in [0, 0.05) is 24.3 Å². The van der Waals surface area contributed by atoms with E-state index in [1.807, 2.05) is 0 Å². The number of rotatable bonds is 7. The Hall–Kier alpha value is -3.68. The summed E-state index contributed by atoms with van der Waals surface area (Å²) in [6.45, 7) is 0. The molecule has 0 aliphatic carbocycles. The molecule has 12 nitrogen and oxygen atoms in total. The van der Waals surface area contributed by atoms with E-state index in [1.54, 1.807) is 0 Å². The largest absolute Gasteiger partial charge is 0.416 e. The van der Waals surface area contributed by atoms with Crippen molar-refractivity contribution in [1.82, 2.24) is 0 Å². The third-order valence-electron chi connectivity index (χ3n) is 3.75. The quantitative estimate of drug-likeness (QED) is 0.173. The monoisotopic (exact) mass is 534 g/mol. The van der Waals surface area contributed by atoms with E-state index in [4.69, 9.17) is 0 Å². The first-order chi connectivity index (χ1) is 15.4. The molecule has 34 heavy (non-hydrogen) atoms. The number of nitro benzene ring substituents is 4. The average Bonchev–Trinajstić information content (AvgIpc) is 2.68. The second-order valence-electron chi connectivity index (χ2n) is 5.88. The van der Waals surface area contributed by atoms with Crippen LogP contribution >= 0.6 is 21.6 Å². The third-order valence-corrected chi connectivity index (χ3v) is 6.25. The highest BCUT2D eigenvalue weighted by atomic mass is 33.1. The summed E-state index contributed by atoms with van der Waals surface area (Å²) in [7, 11) is -0.290. The minimum Gasteiger partial charge on any atom is -0.258 e. The molecular formula is C14H4F6N4O8S2. The molecule has 0 radical (unpaired) electrons. The molecule has 2 rings (SSSR count). The Morgan fingerprint density at radius 2 is 0.735 bits per heavy atom. The molecule has 0 spiro atoms. The van der Waals surface area contributed by atoms with E-state index in [9.17, 15) is 66.8 Å². The highest BCUT2D eigenvalue weighted by Gasteiger charge is 2.40. The van der Waals surface area contributed by atoms with Crippen molar-refractivity contribution in [3.8, 4) is 0 Å². The molecule has 0 aliphatic rings. The Labute approximate surface area is 188 Å².